The van der Waals surface area contributed by atoms with Crippen LogP contribution in [0.5, 0.6) is 5.75 Å². The Balaban J connectivity index is 2.57. The van der Waals surface area contributed by atoms with E-state index < -0.39 is 0 Å². The van der Waals surface area contributed by atoms with Crippen LogP contribution in [0.3, 0.4) is 0 Å². The zero-order chi connectivity index (χ0) is 12.7. The van der Waals surface area contributed by atoms with Crippen molar-refractivity contribution in [2.24, 2.45) is 5.92 Å². The van der Waals surface area contributed by atoms with Crippen molar-refractivity contribution in [2.75, 3.05) is 0 Å². The summed E-state index contributed by atoms with van der Waals surface area (Å²) in [5.41, 5.74) is 1.11. The Bertz CT molecular complexity index is 358. The second-order valence-electron chi connectivity index (χ2n) is 4.49. The summed E-state index contributed by atoms with van der Waals surface area (Å²) >= 11 is 0. The average molecular weight is 234 g/mol. The number of carbonyl (C=O) groups is 1. The number of ether oxygens (including phenoxy) is 1. The summed E-state index contributed by atoms with van der Waals surface area (Å²) in [4.78, 5) is 11.9. The first-order valence-electron chi connectivity index (χ1n) is 6.45. The lowest BCUT2D eigenvalue weighted by Gasteiger charge is -2.13. The molecule has 0 spiro atoms. The van der Waals surface area contributed by atoms with Crippen molar-refractivity contribution < 1.29 is 9.53 Å². The first kappa shape index (κ1) is 13.8. The van der Waals surface area contributed by atoms with Gasteiger partial charge in [0.05, 0.1) is 5.92 Å². The van der Waals surface area contributed by atoms with Gasteiger partial charge in [0.25, 0.3) is 0 Å². The maximum Gasteiger partial charge on any atom is 0.314 e. The van der Waals surface area contributed by atoms with Crippen LogP contribution in [0.1, 0.15) is 45.1 Å². The van der Waals surface area contributed by atoms with Crippen molar-refractivity contribution >= 4 is 5.97 Å². The molecule has 0 saturated heterocycles. The Morgan fingerprint density at radius 3 is 2.71 bits per heavy atom. The van der Waals surface area contributed by atoms with Crippen LogP contribution in [0, 0.1) is 12.8 Å². The highest BCUT2D eigenvalue weighted by molar-refractivity contribution is 5.75. The molecule has 0 saturated carbocycles. The predicted octanol–water partition coefficient (Wildman–Crippen LogP) is 4.12. The Kier molecular flexibility index (Phi) is 5.75. The molecule has 94 valence electrons. The number of carbonyl (C=O) groups excluding carboxylic acids is 1. The third-order valence-electron chi connectivity index (χ3n) is 2.94. The standard InChI is InChI=1S/C15H22O2/c1-4-6-9-13(5-2)15(16)17-14-10-7-8-12(3)11-14/h7-8,10-11,13H,4-6,9H2,1-3H3. The molecular weight excluding hydrogens is 212 g/mol. The zero-order valence-corrected chi connectivity index (χ0v) is 11.0. The van der Waals surface area contributed by atoms with Crippen molar-refractivity contribution in [1.29, 1.82) is 0 Å². The van der Waals surface area contributed by atoms with E-state index in [1.165, 1.54) is 0 Å². The lowest BCUT2D eigenvalue weighted by molar-refractivity contribution is -0.139. The minimum Gasteiger partial charge on any atom is -0.426 e. The predicted molar refractivity (Wildman–Crippen MR) is 70.1 cm³/mol. The summed E-state index contributed by atoms with van der Waals surface area (Å²) in [5, 5.41) is 0. The zero-order valence-electron chi connectivity index (χ0n) is 11.0. The van der Waals surface area contributed by atoms with Crippen LogP contribution in [0.25, 0.3) is 0 Å². The first-order valence-corrected chi connectivity index (χ1v) is 6.45. The van der Waals surface area contributed by atoms with E-state index in [2.05, 4.69) is 6.92 Å². The average Bonchev–Trinajstić information content (AvgIpc) is 2.30. The highest BCUT2D eigenvalue weighted by Gasteiger charge is 2.17. The normalized spacial score (nSPS) is 12.2. The molecule has 0 aliphatic carbocycles. The van der Waals surface area contributed by atoms with Gasteiger partial charge < -0.3 is 4.74 Å². The van der Waals surface area contributed by atoms with E-state index in [-0.39, 0.29) is 11.9 Å². The second kappa shape index (κ2) is 7.10. The van der Waals surface area contributed by atoms with E-state index in [1.54, 1.807) is 0 Å². The van der Waals surface area contributed by atoms with Crippen molar-refractivity contribution in [1.82, 2.24) is 0 Å². The minimum atomic E-state index is -0.0912. The van der Waals surface area contributed by atoms with Crippen LogP contribution >= 0.6 is 0 Å². The van der Waals surface area contributed by atoms with E-state index >= 15 is 0 Å². The minimum absolute atomic E-state index is 0.0375. The Morgan fingerprint density at radius 1 is 1.35 bits per heavy atom. The molecule has 1 atom stereocenters. The molecular formula is C15H22O2. The van der Waals surface area contributed by atoms with Crippen LogP contribution < -0.4 is 4.74 Å². The van der Waals surface area contributed by atoms with Crippen molar-refractivity contribution in [2.45, 2.75) is 46.5 Å². The third-order valence-corrected chi connectivity index (χ3v) is 2.94. The second-order valence-corrected chi connectivity index (χ2v) is 4.49. The molecule has 0 amide bonds. The fourth-order valence-electron chi connectivity index (χ4n) is 1.82. The van der Waals surface area contributed by atoms with Gasteiger partial charge in [-0.15, -0.1) is 0 Å². The molecule has 0 radical (unpaired) electrons. The molecule has 0 aliphatic rings. The summed E-state index contributed by atoms with van der Waals surface area (Å²) in [5.74, 6) is 0.604. The van der Waals surface area contributed by atoms with Crippen LogP contribution in [0.2, 0.25) is 0 Å². The molecule has 2 nitrogen and oxygen atoms in total. The number of esters is 1. The van der Waals surface area contributed by atoms with Gasteiger partial charge in [0.2, 0.25) is 0 Å². The molecule has 1 rings (SSSR count). The Morgan fingerprint density at radius 2 is 2.12 bits per heavy atom. The number of rotatable bonds is 6. The maximum atomic E-state index is 11.9. The largest absolute Gasteiger partial charge is 0.426 e. The van der Waals surface area contributed by atoms with Gasteiger partial charge in [0.1, 0.15) is 5.75 Å². The number of benzene rings is 1. The SMILES string of the molecule is CCCCC(CC)C(=O)Oc1cccc(C)c1. The Hall–Kier alpha value is -1.31. The lowest BCUT2D eigenvalue weighted by Crippen LogP contribution is -2.20. The molecule has 0 aliphatic heterocycles. The molecule has 0 N–H and O–H groups in total. The van der Waals surface area contributed by atoms with Crippen LogP contribution in [-0.4, -0.2) is 5.97 Å². The molecule has 0 bridgehead atoms. The molecule has 1 aromatic rings. The highest BCUT2D eigenvalue weighted by atomic mass is 16.5. The van der Waals surface area contributed by atoms with Crippen molar-refractivity contribution in [3.8, 4) is 5.75 Å². The molecule has 2 heteroatoms. The van der Waals surface area contributed by atoms with Crippen LogP contribution in [0.15, 0.2) is 24.3 Å². The van der Waals surface area contributed by atoms with Gasteiger partial charge >= 0.3 is 5.97 Å². The van der Waals surface area contributed by atoms with Gasteiger partial charge in [-0.1, -0.05) is 38.8 Å². The number of hydrogen-bond donors (Lipinski definition) is 0. The van der Waals surface area contributed by atoms with Crippen LogP contribution in [-0.2, 0) is 4.79 Å². The van der Waals surface area contributed by atoms with Crippen molar-refractivity contribution in [3.05, 3.63) is 29.8 Å². The Labute approximate surface area is 104 Å². The quantitative estimate of drug-likeness (QED) is 0.546. The monoisotopic (exact) mass is 234 g/mol. The summed E-state index contributed by atoms with van der Waals surface area (Å²) in [6.07, 6.45) is 3.98. The van der Waals surface area contributed by atoms with E-state index in [9.17, 15) is 4.79 Å². The van der Waals surface area contributed by atoms with Gasteiger partial charge in [0.15, 0.2) is 0 Å². The van der Waals surface area contributed by atoms with Gasteiger partial charge in [-0.25, -0.2) is 0 Å². The molecule has 17 heavy (non-hydrogen) atoms. The first-order chi connectivity index (χ1) is 8.17. The fraction of sp³-hybridized carbons (Fsp3) is 0.533. The number of hydrogen-bond acceptors (Lipinski definition) is 2. The summed E-state index contributed by atoms with van der Waals surface area (Å²) in [7, 11) is 0. The molecule has 0 aromatic heterocycles. The van der Waals surface area contributed by atoms with Gasteiger partial charge in [-0.3, -0.25) is 4.79 Å². The van der Waals surface area contributed by atoms with E-state index in [0.29, 0.717) is 5.75 Å². The maximum absolute atomic E-state index is 11.9. The van der Waals surface area contributed by atoms with Gasteiger partial charge in [-0.2, -0.15) is 0 Å². The van der Waals surface area contributed by atoms with E-state index in [0.717, 1.165) is 31.2 Å². The summed E-state index contributed by atoms with van der Waals surface area (Å²) < 4.78 is 5.41. The topological polar surface area (TPSA) is 26.3 Å². The van der Waals surface area contributed by atoms with Gasteiger partial charge in [-0.05, 0) is 37.5 Å². The molecule has 1 aromatic carbocycles. The number of unbranched alkanes of at least 4 members (excludes halogenated alkanes) is 1. The van der Waals surface area contributed by atoms with Crippen molar-refractivity contribution in [3.63, 3.8) is 0 Å². The smallest absolute Gasteiger partial charge is 0.314 e. The third kappa shape index (κ3) is 4.59. The lowest BCUT2D eigenvalue weighted by atomic mass is 10.00. The highest BCUT2D eigenvalue weighted by Crippen LogP contribution is 2.18. The summed E-state index contributed by atoms with van der Waals surface area (Å²) in [6, 6.07) is 7.62. The molecule has 1 unspecified atom stereocenters. The van der Waals surface area contributed by atoms with Crippen LogP contribution in [0.4, 0.5) is 0 Å². The molecule has 0 heterocycles. The summed E-state index contributed by atoms with van der Waals surface area (Å²) in [6.45, 7) is 6.17. The molecule has 0 fully saturated rings. The van der Waals surface area contributed by atoms with E-state index in [1.807, 2.05) is 38.1 Å². The van der Waals surface area contributed by atoms with Gasteiger partial charge in [0, 0.05) is 0 Å². The number of aryl methyl sites for hydroxylation is 1. The fourth-order valence-corrected chi connectivity index (χ4v) is 1.82. The van der Waals surface area contributed by atoms with E-state index in [4.69, 9.17) is 4.74 Å².